The fourth-order valence-corrected chi connectivity index (χ4v) is 3.53. The zero-order chi connectivity index (χ0) is 19.7. The van der Waals surface area contributed by atoms with Crippen LogP contribution < -0.4 is 15.8 Å². The number of nitrogens with zero attached hydrogens (tertiary/aromatic N) is 4. The number of piperazine rings is 1. The first-order valence-electron chi connectivity index (χ1n) is 9.38. The number of hydrogen-bond acceptors (Lipinski definition) is 6. The summed E-state index contributed by atoms with van der Waals surface area (Å²) in [7, 11) is 3.91. The first-order valence-corrected chi connectivity index (χ1v) is 9.38. The Labute approximate surface area is 163 Å². The van der Waals surface area contributed by atoms with Gasteiger partial charge >= 0.3 is 0 Å². The largest absolute Gasteiger partial charge is 0.393 e. The van der Waals surface area contributed by atoms with E-state index in [2.05, 4.69) is 27.1 Å². The van der Waals surface area contributed by atoms with E-state index in [1.54, 1.807) is 36.3 Å². The maximum Gasteiger partial charge on any atom is 0.265 e. The zero-order valence-electron chi connectivity index (χ0n) is 16.1. The molecule has 0 radical (unpaired) electrons. The van der Waals surface area contributed by atoms with Gasteiger partial charge in [0, 0.05) is 50.7 Å². The summed E-state index contributed by atoms with van der Waals surface area (Å²) in [5.74, 6) is 0. The van der Waals surface area contributed by atoms with Crippen LogP contribution in [0.5, 0.6) is 0 Å². The van der Waals surface area contributed by atoms with Gasteiger partial charge < -0.3 is 20.5 Å². The molecule has 2 aliphatic rings. The van der Waals surface area contributed by atoms with Crippen LogP contribution in [0.2, 0.25) is 0 Å². The summed E-state index contributed by atoms with van der Waals surface area (Å²) < 4.78 is 1.54. The summed E-state index contributed by atoms with van der Waals surface area (Å²) in [5, 5.41) is 11.5. The van der Waals surface area contributed by atoms with Crippen LogP contribution in [0, 0.1) is 5.41 Å². The lowest BCUT2D eigenvalue weighted by Gasteiger charge is -2.34. The Morgan fingerprint density at radius 3 is 2.71 bits per heavy atom. The number of hydrogen-bond donors (Lipinski definition) is 2. The van der Waals surface area contributed by atoms with Crippen molar-refractivity contribution in [2.24, 2.45) is 0 Å². The van der Waals surface area contributed by atoms with Crippen LogP contribution in [-0.2, 0) is 0 Å². The first-order chi connectivity index (χ1) is 13.6. The van der Waals surface area contributed by atoms with Crippen LogP contribution in [0.15, 0.2) is 59.3 Å². The lowest BCUT2D eigenvalue weighted by molar-refractivity contribution is 0.313. The van der Waals surface area contributed by atoms with E-state index in [1.165, 1.54) is 0 Å². The van der Waals surface area contributed by atoms with Crippen molar-refractivity contribution in [1.29, 1.82) is 5.41 Å². The van der Waals surface area contributed by atoms with Gasteiger partial charge in [-0.15, -0.1) is 0 Å². The first kappa shape index (κ1) is 18.2. The molecule has 1 fully saturated rings. The van der Waals surface area contributed by atoms with Crippen LogP contribution in [0.3, 0.4) is 0 Å². The molecule has 0 saturated carbocycles. The third kappa shape index (κ3) is 3.36. The van der Waals surface area contributed by atoms with Crippen LogP contribution in [-0.4, -0.2) is 60.4 Å². The summed E-state index contributed by atoms with van der Waals surface area (Å²) in [6.07, 6.45) is 8.58. The van der Waals surface area contributed by atoms with Crippen LogP contribution in [0.25, 0.3) is 16.6 Å². The molecule has 0 atom stereocenters. The quantitative estimate of drug-likeness (QED) is 0.852. The molecule has 0 unspecified atom stereocenters. The number of allylic oxidation sites excluding steroid dienone is 5. The van der Waals surface area contributed by atoms with E-state index >= 15 is 0 Å². The second kappa shape index (κ2) is 7.44. The molecule has 1 saturated heterocycles. The maximum atomic E-state index is 13.2. The maximum absolute atomic E-state index is 13.2. The summed E-state index contributed by atoms with van der Waals surface area (Å²) in [5.41, 5.74) is 3.47. The number of anilines is 1. The van der Waals surface area contributed by atoms with Crippen molar-refractivity contribution in [2.45, 2.75) is 0 Å². The SMILES string of the molecule is CN/C=C1/C=C(n2cnc3ccc(N4CCN(C)CC4)cc3c2=O)C=CC1=N. The van der Waals surface area contributed by atoms with Crippen LogP contribution in [0.1, 0.15) is 0 Å². The molecule has 2 N–H and O–H groups in total. The highest BCUT2D eigenvalue weighted by atomic mass is 16.1. The second-order valence-corrected chi connectivity index (χ2v) is 7.12. The minimum Gasteiger partial charge on any atom is -0.393 e. The standard InChI is InChI=1S/C21H24N6O/c1-23-13-15-11-17(3-5-19(15)22)27-14-24-20-6-4-16(12-18(20)21(27)28)26-9-7-25(2)8-10-26/h3-6,11-14,22-23H,7-10H2,1-2H3/b15-13-,22-19?. The molecule has 1 aromatic heterocycles. The van der Waals surface area contributed by atoms with Crippen molar-refractivity contribution in [3.63, 3.8) is 0 Å². The average Bonchev–Trinajstić information content (AvgIpc) is 2.71. The summed E-state index contributed by atoms with van der Waals surface area (Å²) in [6, 6.07) is 5.91. The summed E-state index contributed by atoms with van der Waals surface area (Å²) in [4.78, 5) is 22.3. The zero-order valence-corrected chi connectivity index (χ0v) is 16.1. The molecule has 0 bridgehead atoms. The molecule has 4 rings (SSSR count). The van der Waals surface area contributed by atoms with Crippen molar-refractivity contribution in [3.05, 3.63) is 64.9 Å². The molecule has 1 aliphatic heterocycles. The Morgan fingerprint density at radius 1 is 1.18 bits per heavy atom. The van der Waals surface area contributed by atoms with Gasteiger partial charge in [0.25, 0.3) is 5.56 Å². The van der Waals surface area contributed by atoms with E-state index in [4.69, 9.17) is 5.41 Å². The lowest BCUT2D eigenvalue weighted by Crippen LogP contribution is -2.44. The fourth-order valence-electron chi connectivity index (χ4n) is 3.53. The minimum absolute atomic E-state index is 0.103. The number of nitrogens with one attached hydrogen (secondary N) is 2. The topological polar surface area (TPSA) is 77.2 Å². The molecule has 1 aliphatic carbocycles. The monoisotopic (exact) mass is 376 g/mol. The number of fused-ring (bicyclic) bond motifs is 1. The number of rotatable bonds is 3. The average molecular weight is 376 g/mol. The molecule has 2 aromatic rings. The highest BCUT2D eigenvalue weighted by molar-refractivity contribution is 6.11. The fraction of sp³-hybridized carbons (Fsp3) is 0.286. The van der Waals surface area contributed by atoms with Crippen LogP contribution >= 0.6 is 0 Å². The van der Waals surface area contributed by atoms with E-state index in [9.17, 15) is 4.79 Å². The highest BCUT2D eigenvalue weighted by Crippen LogP contribution is 2.21. The molecule has 0 amide bonds. The molecule has 7 heteroatoms. The molecular formula is C21H24N6O. The molecule has 7 nitrogen and oxygen atoms in total. The molecule has 1 aromatic carbocycles. The van der Waals surface area contributed by atoms with Gasteiger partial charge in [0.1, 0.15) is 6.33 Å². The smallest absolute Gasteiger partial charge is 0.265 e. The third-order valence-electron chi connectivity index (χ3n) is 5.22. The highest BCUT2D eigenvalue weighted by Gasteiger charge is 2.16. The summed E-state index contributed by atoms with van der Waals surface area (Å²) in [6.45, 7) is 3.92. The van der Waals surface area contributed by atoms with Crippen molar-refractivity contribution in [1.82, 2.24) is 19.8 Å². The molecular weight excluding hydrogens is 352 g/mol. The van der Waals surface area contributed by atoms with Crippen molar-refractivity contribution < 1.29 is 0 Å². The van der Waals surface area contributed by atoms with Gasteiger partial charge in [0.15, 0.2) is 0 Å². The lowest BCUT2D eigenvalue weighted by atomic mass is 10.0. The Kier molecular flexibility index (Phi) is 4.83. The van der Waals surface area contributed by atoms with Gasteiger partial charge in [0.05, 0.1) is 22.3 Å². The minimum atomic E-state index is -0.103. The Hall–Kier alpha value is -3.19. The van der Waals surface area contributed by atoms with Crippen LogP contribution in [0.4, 0.5) is 5.69 Å². The molecule has 144 valence electrons. The Balaban J connectivity index is 1.75. The molecule has 28 heavy (non-hydrogen) atoms. The van der Waals surface area contributed by atoms with E-state index < -0.39 is 0 Å². The van der Waals surface area contributed by atoms with Gasteiger partial charge in [-0.2, -0.15) is 0 Å². The summed E-state index contributed by atoms with van der Waals surface area (Å²) >= 11 is 0. The van der Waals surface area contributed by atoms with E-state index in [-0.39, 0.29) is 5.56 Å². The van der Waals surface area contributed by atoms with Gasteiger partial charge in [0.2, 0.25) is 0 Å². The van der Waals surface area contributed by atoms with Gasteiger partial charge in [-0.3, -0.25) is 9.36 Å². The van der Waals surface area contributed by atoms with Crippen molar-refractivity contribution >= 4 is 28.0 Å². The molecule has 2 heterocycles. The Morgan fingerprint density at radius 2 is 1.96 bits per heavy atom. The third-order valence-corrected chi connectivity index (χ3v) is 5.22. The van der Waals surface area contributed by atoms with E-state index in [0.29, 0.717) is 22.3 Å². The van der Waals surface area contributed by atoms with Gasteiger partial charge in [-0.25, -0.2) is 4.98 Å². The normalized spacial score (nSPS) is 19.4. The number of likely N-dealkylation sites (N-methyl/N-ethyl adjacent to an activating group) is 1. The van der Waals surface area contributed by atoms with E-state index in [1.807, 2.05) is 24.3 Å². The van der Waals surface area contributed by atoms with Gasteiger partial charge in [-0.05, 0) is 43.5 Å². The predicted molar refractivity (Wildman–Crippen MR) is 114 cm³/mol. The number of aromatic nitrogens is 2. The Bertz CT molecular complexity index is 1070. The predicted octanol–water partition coefficient (Wildman–Crippen LogP) is 1.68. The molecule has 0 spiro atoms. The number of benzene rings is 1. The van der Waals surface area contributed by atoms with Crippen molar-refractivity contribution in [2.75, 3.05) is 45.2 Å². The van der Waals surface area contributed by atoms with Crippen molar-refractivity contribution in [3.8, 4) is 0 Å². The second-order valence-electron chi connectivity index (χ2n) is 7.12. The van der Waals surface area contributed by atoms with Gasteiger partial charge in [-0.1, -0.05) is 0 Å². The van der Waals surface area contributed by atoms with E-state index in [0.717, 1.165) is 37.4 Å².